The number of carbonyl (C=O) groups is 1. The van der Waals surface area contributed by atoms with E-state index < -0.39 is 0 Å². The van der Waals surface area contributed by atoms with E-state index in [-0.39, 0.29) is 18.2 Å². The zero-order chi connectivity index (χ0) is 13.2. The number of amides is 1. The highest BCUT2D eigenvalue weighted by Crippen LogP contribution is 2.25. The molecular formula is C15H27NO2. The fourth-order valence-corrected chi connectivity index (χ4v) is 2.17. The summed E-state index contributed by atoms with van der Waals surface area (Å²) in [6.45, 7) is 5.66. The SMILES string of the molecule is C=CC(=O)NC1OC1CCCCCCCCCC. The van der Waals surface area contributed by atoms with Gasteiger partial charge in [0.1, 0.15) is 6.10 Å². The summed E-state index contributed by atoms with van der Waals surface area (Å²) >= 11 is 0. The van der Waals surface area contributed by atoms with Crippen molar-refractivity contribution in [1.29, 1.82) is 0 Å². The van der Waals surface area contributed by atoms with Crippen LogP contribution in [-0.4, -0.2) is 18.2 Å². The van der Waals surface area contributed by atoms with Crippen molar-refractivity contribution in [2.45, 2.75) is 77.0 Å². The Hall–Kier alpha value is -0.830. The van der Waals surface area contributed by atoms with Crippen LogP contribution in [0.25, 0.3) is 0 Å². The van der Waals surface area contributed by atoms with Gasteiger partial charge in [0.2, 0.25) is 5.91 Å². The number of nitrogens with one attached hydrogen (secondary N) is 1. The van der Waals surface area contributed by atoms with Crippen LogP contribution in [0.1, 0.15) is 64.7 Å². The van der Waals surface area contributed by atoms with Gasteiger partial charge in [-0.3, -0.25) is 4.79 Å². The Balaban J connectivity index is 1.82. The van der Waals surface area contributed by atoms with Gasteiger partial charge in [0.15, 0.2) is 6.23 Å². The third kappa shape index (κ3) is 6.80. The van der Waals surface area contributed by atoms with Gasteiger partial charge in [-0.05, 0) is 12.5 Å². The molecule has 0 aliphatic carbocycles. The first kappa shape index (κ1) is 15.2. The van der Waals surface area contributed by atoms with E-state index in [1.807, 2.05) is 0 Å². The number of carbonyl (C=O) groups excluding carboxylic acids is 1. The molecule has 1 rings (SSSR count). The zero-order valence-electron chi connectivity index (χ0n) is 11.6. The third-order valence-electron chi connectivity index (χ3n) is 3.39. The number of unbranched alkanes of at least 4 members (excludes halogenated alkanes) is 7. The molecule has 1 saturated heterocycles. The number of hydrogen-bond acceptors (Lipinski definition) is 2. The lowest BCUT2D eigenvalue weighted by Crippen LogP contribution is -2.25. The highest BCUT2D eigenvalue weighted by atomic mass is 16.6. The summed E-state index contributed by atoms with van der Waals surface area (Å²) < 4.78 is 5.37. The summed E-state index contributed by atoms with van der Waals surface area (Å²) in [7, 11) is 0. The van der Waals surface area contributed by atoms with Crippen molar-refractivity contribution < 1.29 is 9.53 Å². The Kier molecular flexibility index (Phi) is 7.74. The second-order valence-corrected chi connectivity index (χ2v) is 5.07. The highest BCUT2D eigenvalue weighted by Gasteiger charge is 2.38. The second-order valence-electron chi connectivity index (χ2n) is 5.07. The molecule has 1 amide bonds. The number of ether oxygens (including phenoxy) is 1. The van der Waals surface area contributed by atoms with Gasteiger partial charge in [-0.15, -0.1) is 0 Å². The minimum absolute atomic E-state index is 0.0555. The zero-order valence-corrected chi connectivity index (χ0v) is 11.6. The lowest BCUT2D eigenvalue weighted by Gasteiger charge is -2.00. The molecule has 1 aliphatic rings. The normalized spacial score (nSPS) is 21.6. The molecule has 0 aromatic heterocycles. The summed E-state index contributed by atoms with van der Waals surface area (Å²) in [6, 6.07) is 0. The van der Waals surface area contributed by atoms with E-state index in [0.717, 1.165) is 6.42 Å². The summed E-state index contributed by atoms with van der Waals surface area (Å²) in [5, 5.41) is 2.75. The van der Waals surface area contributed by atoms with Crippen molar-refractivity contribution in [3.05, 3.63) is 12.7 Å². The van der Waals surface area contributed by atoms with Crippen molar-refractivity contribution in [3.8, 4) is 0 Å². The van der Waals surface area contributed by atoms with Crippen LogP contribution in [0, 0.1) is 0 Å². The van der Waals surface area contributed by atoms with Crippen molar-refractivity contribution in [2.75, 3.05) is 0 Å². The predicted molar refractivity (Wildman–Crippen MR) is 74.2 cm³/mol. The Morgan fingerprint density at radius 2 is 1.78 bits per heavy atom. The Bertz CT molecular complexity index is 253. The molecule has 3 nitrogen and oxygen atoms in total. The topological polar surface area (TPSA) is 41.6 Å². The van der Waals surface area contributed by atoms with Crippen LogP contribution >= 0.6 is 0 Å². The standard InChI is InChI=1S/C15H27NO2/c1-3-5-6-7-8-9-10-11-12-13-15(18-13)16-14(17)4-2/h4,13,15H,2-3,5-12H2,1H3,(H,16,17). The quantitative estimate of drug-likeness (QED) is 0.347. The average molecular weight is 253 g/mol. The smallest absolute Gasteiger partial charge is 0.245 e. The molecule has 2 atom stereocenters. The molecule has 0 aromatic rings. The molecule has 1 aliphatic heterocycles. The van der Waals surface area contributed by atoms with Gasteiger partial charge in [-0.25, -0.2) is 0 Å². The molecule has 0 bridgehead atoms. The van der Waals surface area contributed by atoms with Gasteiger partial charge in [0, 0.05) is 0 Å². The summed E-state index contributed by atoms with van der Waals surface area (Å²) in [5.41, 5.74) is 0. The van der Waals surface area contributed by atoms with Crippen molar-refractivity contribution in [2.24, 2.45) is 0 Å². The molecule has 104 valence electrons. The molecule has 0 saturated carbocycles. The van der Waals surface area contributed by atoms with E-state index in [1.54, 1.807) is 0 Å². The monoisotopic (exact) mass is 253 g/mol. The molecule has 2 unspecified atom stereocenters. The van der Waals surface area contributed by atoms with Gasteiger partial charge in [-0.2, -0.15) is 0 Å². The number of rotatable bonds is 11. The summed E-state index contributed by atoms with van der Waals surface area (Å²) in [6.07, 6.45) is 13.2. The van der Waals surface area contributed by atoms with Crippen molar-refractivity contribution >= 4 is 5.91 Å². The van der Waals surface area contributed by atoms with E-state index in [0.29, 0.717) is 0 Å². The van der Waals surface area contributed by atoms with E-state index >= 15 is 0 Å². The van der Waals surface area contributed by atoms with E-state index in [9.17, 15) is 4.79 Å². The maximum absolute atomic E-state index is 11.0. The minimum Gasteiger partial charge on any atom is -0.348 e. The maximum atomic E-state index is 11.0. The molecular weight excluding hydrogens is 226 g/mol. The minimum atomic E-state index is -0.140. The lowest BCUT2D eigenvalue weighted by molar-refractivity contribution is -0.117. The number of epoxide rings is 1. The van der Waals surface area contributed by atoms with Gasteiger partial charge in [0.05, 0.1) is 0 Å². The first-order valence-electron chi connectivity index (χ1n) is 7.36. The van der Waals surface area contributed by atoms with E-state index in [2.05, 4.69) is 18.8 Å². The first-order valence-corrected chi connectivity index (χ1v) is 7.36. The van der Waals surface area contributed by atoms with Crippen LogP contribution in [0.4, 0.5) is 0 Å². The van der Waals surface area contributed by atoms with Gasteiger partial charge in [-0.1, -0.05) is 64.9 Å². The Morgan fingerprint density at radius 1 is 1.17 bits per heavy atom. The van der Waals surface area contributed by atoms with Gasteiger partial charge in [0.25, 0.3) is 0 Å². The van der Waals surface area contributed by atoms with Crippen LogP contribution < -0.4 is 5.32 Å². The van der Waals surface area contributed by atoms with Crippen LogP contribution in [-0.2, 0) is 9.53 Å². The molecule has 0 radical (unpaired) electrons. The average Bonchev–Trinajstić information content (AvgIpc) is 3.10. The van der Waals surface area contributed by atoms with Crippen LogP contribution in [0.2, 0.25) is 0 Å². The molecule has 1 heterocycles. The van der Waals surface area contributed by atoms with Gasteiger partial charge >= 0.3 is 0 Å². The molecule has 1 N–H and O–H groups in total. The molecule has 18 heavy (non-hydrogen) atoms. The Labute approximate surface area is 111 Å². The molecule has 1 fully saturated rings. The van der Waals surface area contributed by atoms with Crippen molar-refractivity contribution in [3.63, 3.8) is 0 Å². The lowest BCUT2D eigenvalue weighted by atomic mass is 10.1. The largest absolute Gasteiger partial charge is 0.348 e. The molecule has 3 heteroatoms. The third-order valence-corrected chi connectivity index (χ3v) is 3.39. The Morgan fingerprint density at radius 3 is 2.39 bits per heavy atom. The number of hydrogen-bond donors (Lipinski definition) is 1. The van der Waals surface area contributed by atoms with Crippen molar-refractivity contribution in [1.82, 2.24) is 5.32 Å². The fraction of sp³-hybridized carbons (Fsp3) is 0.800. The first-order chi connectivity index (χ1) is 8.77. The van der Waals surface area contributed by atoms with E-state index in [4.69, 9.17) is 4.74 Å². The highest BCUT2D eigenvalue weighted by molar-refractivity contribution is 5.87. The fourth-order valence-electron chi connectivity index (χ4n) is 2.17. The maximum Gasteiger partial charge on any atom is 0.245 e. The summed E-state index contributed by atoms with van der Waals surface area (Å²) in [5.74, 6) is -0.140. The second kappa shape index (κ2) is 9.15. The van der Waals surface area contributed by atoms with E-state index in [1.165, 1.54) is 57.4 Å². The molecule has 0 spiro atoms. The van der Waals surface area contributed by atoms with Gasteiger partial charge < -0.3 is 10.1 Å². The molecule has 0 aromatic carbocycles. The van der Waals surface area contributed by atoms with Crippen LogP contribution in [0.15, 0.2) is 12.7 Å². The van der Waals surface area contributed by atoms with Crippen LogP contribution in [0.3, 0.4) is 0 Å². The predicted octanol–water partition coefficient (Wildman–Crippen LogP) is 3.54. The summed E-state index contributed by atoms with van der Waals surface area (Å²) in [4.78, 5) is 11.0. The van der Waals surface area contributed by atoms with Crippen LogP contribution in [0.5, 0.6) is 0 Å².